The number of aromatic nitrogens is 2. The van der Waals surface area contributed by atoms with Gasteiger partial charge in [0.15, 0.2) is 0 Å². The van der Waals surface area contributed by atoms with E-state index in [1.54, 1.807) is 16.6 Å². The molecule has 2 rings (SSSR count). The van der Waals surface area contributed by atoms with E-state index in [0.29, 0.717) is 11.1 Å². The van der Waals surface area contributed by atoms with Crippen LogP contribution in [0.2, 0.25) is 0 Å². The van der Waals surface area contributed by atoms with Crippen LogP contribution in [-0.2, 0) is 11.3 Å². The quantitative estimate of drug-likeness (QED) is 0.667. The number of hydrogen-bond donors (Lipinski definition) is 0. The molecule has 1 aliphatic rings. The first-order valence-corrected chi connectivity index (χ1v) is 5.47. The molecule has 1 aromatic rings. The second kappa shape index (κ2) is 4.10. The summed E-state index contributed by atoms with van der Waals surface area (Å²) in [6.45, 7) is 0.644. The normalized spacial score (nSPS) is 18.2. The van der Waals surface area contributed by atoms with Crippen molar-refractivity contribution in [3.8, 4) is 6.07 Å². The summed E-state index contributed by atoms with van der Waals surface area (Å²) in [7, 11) is 1.72. The molecule has 0 saturated heterocycles. The summed E-state index contributed by atoms with van der Waals surface area (Å²) in [6, 6.07) is 3.81. The standard InChI is InChI=1S/C10H9BrN4O/c1-14-5-7(2-3-12)8-4-9(11)13-15(8)6-10(14)16/h2,4H,5-6H2,1H3/b7-2+. The van der Waals surface area contributed by atoms with Gasteiger partial charge in [0.1, 0.15) is 11.1 Å². The lowest BCUT2D eigenvalue weighted by atomic mass is 10.2. The first-order chi connectivity index (χ1) is 7.61. The van der Waals surface area contributed by atoms with Crippen molar-refractivity contribution < 1.29 is 4.79 Å². The van der Waals surface area contributed by atoms with Gasteiger partial charge in [-0.25, -0.2) is 0 Å². The predicted octanol–water partition coefficient (Wildman–Crippen LogP) is 1.02. The van der Waals surface area contributed by atoms with Gasteiger partial charge in [0.25, 0.3) is 0 Å². The maximum atomic E-state index is 11.7. The Hall–Kier alpha value is -1.61. The highest BCUT2D eigenvalue weighted by molar-refractivity contribution is 9.10. The van der Waals surface area contributed by atoms with Crippen LogP contribution in [0.5, 0.6) is 0 Å². The molecule has 82 valence electrons. The van der Waals surface area contributed by atoms with Gasteiger partial charge in [-0.2, -0.15) is 10.4 Å². The topological polar surface area (TPSA) is 61.9 Å². The zero-order valence-corrected chi connectivity index (χ0v) is 10.2. The maximum absolute atomic E-state index is 11.7. The molecule has 0 fully saturated rings. The van der Waals surface area contributed by atoms with Crippen LogP contribution in [0.3, 0.4) is 0 Å². The number of carbonyl (C=O) groups is 1. The van der Waals surface area contributed by atoms with Gasteiger partial charge in [-0.3, -0.25) is 9.48 Å². The number of nitriles is 1. The lowest BCUT2D eigenvalue weighted by Crippen LogP contribution is -2.28. The molecule has 0 aliphatic carbocycles. The third kappa shape index (κ3) is 1.86. The Labute approximate surface area is 101 Å². The van der Waals surface area contributed by atoms with Gasteiger partial charge in [-0.1, -0.05) is 0 Å². The molecule has 6 heteroatoms. The minimum absolute atomic E-state index is 0.0156. The van der Waals surface area contributed by atoms with Crippen LogP contribution in [0.4, 0.5) is 0 Å². The van der Waals surface area contributed by atoms with E-state index < -0.39 is 0 Å². The minimum atomic E-state index is -0.0156. The average Bonchev–Trinajstić information content (AvgIpc) is 2.54. The molecular formula is C10H9BrN4O. The third-order valence-corrected chi connectivity index (χ3v) is 2.82. The minimum Gasteiger partial charge on any atom is -0.340 e. The average molecular weight is 281 g/mol. The fourth-order valence-corrected chi connectivity index (χ4v) is 2.04. The van der Waals surface area contributed by atoms with E-state index in [9.17, 15) is 4.79 Å². The largest absolute Gasteiger partial charge is 0.340 e. The van der Waals surface area contributed by atoms with E-state index in [4.69, 9.17) is 5.26 Å². The van der Waals surface area contributed by atoms with Crippen LogP contribution in [0.15, 0.2) is 16.7 Å². The van der Waals surface area contributed by atoms with Gasteiger partial charge < -0.3 is 4.90 Å². The van der Waals surface area contributed by atoms with Crippen LogP contribution in [0.25, 0.3) is 5.57 Å². The fourth-order valence-electron chi connectivity index (χ4n) is 1.64. The Balaban J connectivity index is 2.53. The van der Waals surface area contributed by atoms with E-state index in [1.807, 2.05) is 12.1 Å². The van der Waals surface area contributed by atoms with Crippen molar-refractivity contribution in [1.29, 1.82) is 5.26 Å². The maximum Gasteiger partial charge on any atom is 0.244 e. The first-order valence-electron chi connectivity index (χ1n) is 4.68. The molecule has 5 nitrogen and oxygen atoms in total. The van der Waals surface area contributed by atoms with E-state index in [0.717, 1.165) is 11.3 Å². The first kappa shape index (κ1) is 10.9. The molecule has 0 aromatic carbocycles. The summed E-state index contributed by atoms with van der Waals surface area (Å²) in [4.78, 5) is 13.3. The van der Waals surface area contributed by atoms with Crippen molar-refractivity contribution >= 4 is 27.4 Å². The smallest absolute Gasteiger partial charge is 0.244 e. The summed E-state index contributed by atoms with van der Waals surface area (Å²) >= 11 is 3.26. The lowest BCUT2D eigenvalue weighted by molar-refractivity contribution is -0.129. The number of rotatable bonds is 0. The molecule has 0 spiro atoms. The fraction of sp³-hybridized carbons (Fsp3) is 0.300. The highest BCUT2D eigenvalue weighted by atomic mass is 79.9. The molecular weight excluding hydrogens is 272 g/mol. The molecule has 0 unspecified atom stereocenters. The van der Waals surface area contributed by atoms with Gasteiger partial charge in [0.2, 0.25) is 5.91 Å². The summed E-state index contributed by atoms with van der Waals surface area (Å²) < 4.78 is 2.28. The number of halogens is 1. The molecule has 0 atom stereocenters. The van der Waals surface area contributed by atoms with Crippen LogP contribution < -0.4 is 0 Å². The number of likely N-dealkylation sites (N-methyl/N-ethyl adjacent to an activating group) is 1. The molecule has 1 amide bonds. The Morgan fingerprint density at radius 3 is 3.06 bits per heavy atom. The number of fused-ring (bicyclic) bond motifs is 1. The summed E-state index contributed by atoms with van der Waals surface area (Å²) in [5.74, 6) is -0.0156. The van der Waals surface area contributed by atoms with Crippen LogP contribution in [-0.4, -0.2) is 34.2 Å². The van der Waals surface area contributed by atoms with E-state index in [2.05, 4.69) is 21.0 Å². The van der Waals surface area contributed by atoms with Gasteiger partial charge in [-0.05, 0) is 22.0 Å². The van der Waals surface area contributed by atoms with Crippen LogP contribution in [0.1, 0.15) is 5.69 Å². The molecule has 2 heterocycles. The number of amides is 1. The predicted molar refractivity (Wildman–Crippen MR) is 61.2 cm³/mol. The molecule has 0 N–H and O–H groups in total. The number of carbonyl (C=O) groups excluding carboxylic acids is 1. The summed E-state index contributed by atoms with van der Waals surface area (Å²) in [5, 5.41) is 12.9. The molecule has 1 aliphatic heterocycles. The molecule has 0 saturated carbocycles. The third-order valence-electron chi connectivity index (χ3n) is 2.44. The molecule has 16 heavy (non-hydrogen) atoms. The Kier molecular flexibility index (Phi) is 2.79. The second-order valence-electron chi connectivity index (χ2n) is 3.56. The van der Waals surface area contributed by atoms with Gasteiger partial charge in [0, 0.05) is 25.2 Å². The van der Waals surface area contributed by atoms with Crippen molar-refractivity contribution in [3.63, 3.8) is 0 Å². The number of allylic oxidation sites excluding steroid dienone is 1. The Morgan fingerprint density at radius 1 is 1.62 bits per heavy atom. The van der Waals surface area contributed by atoms with E-state index >= 15 is 0 Å². The summed E-state index contributed by atoms with van der Waals surface area (Å²) in [6.07, 6.45) is 1.45. The van der Waals surface area contributed by atoms with Crippen molar-refractivity contribution in [2.24, 2.45) is 0 Å². The second-order valence-corrected chi connectivity index (χ2v) is 4.37. The molecule has 0 bridgehead atoms. The van der Waals surface area contributed by atoms with Gasteiger partial charge >= 0.3 is 0 Å². The number of nitrogens with zero attached hydrogens (tertiary/aromatic N) is 4. The van der Waals surface area contributed by atoms with Gasteiger partial charge in [-0.15, -0.1) is 0 Å². The van der Waals surface area contributed by atoms with Crippen LogP contribution in [0, 0.1) is 11.3 Å². The highest BCUT2D eigenvalue weighted by Crippen LogP contribution is 2.22. The SMILES string of the molecule is CN1C/C(=C\C#N)c2cc(Br)nn2CC1=O. The van der Waals surface area contributed by atoms with Crippen molar-refractivity contribution in [3.05, 3.63) is 22.4 Å². The zero-order valence-electron chi connectivity index (χ0n) is 8.64. The van der Waals surface area contributed by atoms with Crippen molar-refractivity contribution in [2.75, 3.05) is 13.6 Å². The zero-order chi connectivity index (χ0) is 11.7. The Bertz CT molecular complexity index is 511. The number of hydrogen-bond acceptors (Lipinski definition) is 3. The monoisotopic (exact) mass is 280 g/mol. The highest BCUT2D eigenvalue weighted by Gasteiger charge is 2.22. The van der Waals surface area contributed by atoms with Crippen molar-refractivity contribution in [1.82, 2.24) is 14.7 Å². The Morgan fingerprint density at radius 2 is 2.38 bits per heavy atom. The summed E-state index contributed by atoms with van der Waals surface area (Å²) in [5.41, 5.74) is 1.61. The van der Waals surface area contributed by atoms with Crippen LogP contribution >= 0.6 is 15.9 Å². The lowest BCUT2D eigenvalue weighted by Gasteiger charge is -2.13. The molecule has 1 aromatic heterocycles. The van der Waals surface area contributed by atoms with Crippen molar-refractivity contribution in [2.45, 2.75) is 6.54 Å². The van der Waals surface area contributed by atoms with Gasteiger partial charge in [0.05, 0.1) is 11.8 Å². The molecule has 0 radical (unpaired) electrons. The van der Waals surface area contributed by atoms with E-state index in [1.165, 1.54) is 6.08 Å². The van der Waals surface area contributed by atoms with E-state index in [-0.39, 0.29) is 12.5 Å².